The second kappa shape index (κ2) is 6.20. The van der Waals surface area contributed by atoms with Crippen molar-refractivity contribution in [2.45, 2.75) is 19.4 Å². The summed E-state index contributed by atoms with van der Waals surface area (Å²) in [6.07, 6.45) is 7.45. The summed E-state index contributed by atoms with van der Waals surface area (Å²) in [5.74, 6) is -0.0786. The number of thiophene rings is 1. The average Bonchev–Trinajstić information content (AvgIpc) is 2.99. The van der Waals surface area contributed by atoms with Crippen molar-refractivity contribution in [2.24, 2.45) is 0 Å². The zero-order chi connectivity index (χ0) is 12.8. The van der Waals surface area contributed by atoms with Gasteiger partial charge in [-0.25, -0.2) is 4.98 Å². The number of carbonyl (C=O) groups is 1. The molecular formula is C12H16N4OS. The van der Waals surface area contributed by atoms with Crippen LogP contribution < -0.4 is 11.1 Å². The number of unbranched alkanes of at least 4 members (excludes halogenated alkanes) is 1. The average molecular weight is 264 g/mol. The Morgan fingerprint density at radius 2 is 2.39 bits per heavy atom. The third kappa shape index (κ3) is 3.33. The molecule has 0 spiro atoms. The molecule has 96 valence electrons. The number of amides is 1. The summed E-state index contributed by atoms with van der Waals surface area (Å²) in [6.45, 7) is 1.60. The predicted octanol–water partition coefficient (Wildman–Crippen LogP) is 1.74. The van der Waals surface area contributed by atoms with Crippen LogP contribution in [0.5, 0.6) is 0 Å². The minimum atomic E-state index is -0.0786. The highest BCUT2D eigenvalue weighted by Gasteiger charge is 2.09. The molecule has 6 heteroatoms. The van der Waals surface area contributed by atoms with Gasteiger partial charge < -0.3 is 15.6 Å². The van der Waals surface area contributed by atoms with Gasteiger partial charge in [-0.05, 0) is 24.3 Å². The van der Waals surface area contributed by atoms with Crippen molar-refractivity contribution in [3.63, 3.8) is 0 Å². The number of nitrogen functional groups attached to an aromatic ring is 1. The summed E-state index contributed by atoms with van der Waals surface area (Å²) >= 11 is 1.37. The highest BCUT2D eigenvalue weighted by Crippen LogP contribution is 2.18. The van der Waals surface area contributed by atoms with Crippen molar-refractivity contribution in [3.05, 3.63) is 35.0 Å². The van der Waals surface area contributed by atoms with E-state index in [0.717, 1.165) is 19.4 Å². The SMILES string of the molecule is Nc1ccsc1C(=O)NCCCCn1ccnc1. The number of anilines is 1. The summed E-state index contributed by atoms with van der Waals surface area (Å²) in [5, 5.41) is 4.70. The molecule has 0 unspecified atom stereocenters. The van der Waals surface area contributed by atoms with Crippen molar-refractivity contribution < 1.29 is 4.79 Å². The first-order valence-corrected chi connectivity index (χ1v) is 6.72. The monoisotopic (exact) mass is 264 g/mol. The van der Waals surface area contributed by atoms with Gasteiger partial charge in [0.1, 0.15) is 4.88 Å². The standard InChI is InChI=1S/C12H16N4OS/c13-10-3-8-18-11(10)12(17)15-4-1-2-6-16-7-5-14-9-16/h3,5,7-9H,1-2,4,6,13H2,(H,15,17). The zero-order valence-corrected chi connectivity index (χ0v) is 10.8. The Bertz CT molecular complexity index is 492. The molecule has 0 bridgehead atoms. The van der Waals surface area contributed by atoms with Crippen LogP contribution in [0.2, 0.25) is 0 Å². The molecule has 0 saturated carbocycles. The Hall–Kier alpha value is -1.82. The van der Waals surface area contributed by atoms with Crippen LogP contribution in [0, 0.1) is 0 Å². The summed E-state index contributed by atoms with van der Waals surface area (Å²) in [7, 11) is 0. The number of aryl methyl sites for hydroxylation is 1. The number of hydrogen-bond acceptors (Lipinski definition) is 4. The Morgan fingerprint density at radius 3 is 3.06 bits per heavy atom. The van der Waals surface area contributed by atoms with E-state index in [4.69, 9.17) is 5.73 Å². The van der Waals surface area contributed by atoms with Crippen molar-refractivity contribution in [3.8, 4) is 0 Å². The molecule has 0 saturated heterocycles. The summed E-state index contributed by atoms with van der Waals surface area (Å²) in [5.41, 5.74) is 6.23. The number of hydrogen-bond donors (Lipinski definition) is 2. The van der Waals surface area contributed by atoms with Crippen molar-refractivity contribution in [2.75, 3.05) is 12.3 Å². The second-order valence-corrected chi connectivity index (χ2v) is 4.88. The van der Waals surface area contributed by atoms with Gasteiger partial charge in [-0.2, -0.15) is 0 Å². The highest BCUT2D eigenvalue weighted by atomic mass is 32.1. The zero-order valence-electron chi connectivity index (χ0n) is 10.0. The maximum atomic E-state index is 11.7. The van der Waals surface area contributed by atoms with Gasteiger partial charge in [0, 0.05) is 25.5 Å². The van der Waals surface area contributed by atoms with Gasteiger partial charge in [0.05, 0.1) is 12.0 Å². The maximum absolute atomic E-state index is 11.7. The molecule has 2 aromatic heterocycles. The van der Waals surface area contributed by atoms with Crippen molar-refractivity contribution >= 4 is 22.9 Å². The minimum Gasteiger partial charge on any atom is -0.397 e. The second-order valence-electron chi connectivity index (χ2n) is 3.97. The van der Waals surface area contributed by atoms with Crippen LogP contribution >= 0.6 is 11.3 Å². The van der Waals surface area contributed by atoms with Gasteiger partial charge in [-0.15, -0.1) is 11.3 Å². The van der Waals surface area contributed by atoms with E-state index < -0.39 is 0 Å². The summed E-state index contributed by atoms with van der Waals surface area (Å²) in [6, 6.07) is 1.75. The van der Waals surface area contributed by atoms with Crippen LogP contribution in [-0.4, -0.2) is 22.0 Å². The Labute approximate surface area is 110 Å². The van der Waals surface area contributed by atoms with E-state index in [1.807, 2.05) is 16.1 Å². The number of rotatable bonds is 6. The lowest BCUT2D eigenvalue weighted by Crippen LogP contribution is -2.24. The number of nitrogens with zero attached hydrogens (tertiary/aromatic N) is 2. The first kappa shape index (κ1) is 12.6. The minimum absolute atomic E-state index is 0.0786. The quantitative estimate of drug-likeness (QED) is 0.780. The summed E-state index contributed by atoms with van der Waals surface area (Å²) in [4.78, 5) is 16.3. The van der Waals surface area contributed by atoms with Gasteiger partial charge in [0.15, 0.2) is 0 Å². The fourth-order valence-corrected chi connectivity index (χ4v) is 2.36. The molecule has 2 heterocycles. The molecule has 5 nitrogen and oxygen atoms in total. The molecule has 0 atom stereocenters. The number of nitrogens with one attached hydrogen (secondary N) is 1. The molecule has 0 aliphatic rings. The number of aromatic nitrogens is 2. The molecule has 0 aliphatic carbocycles. The van der Waals surface area contributed by atoms with Gasteiger partial charge in [0.25, 0.3) is 5.91 Å². The third-order valence-corrected chi connectivity index (χ3v) is 3.52. The fraction of sp³-hybridized carbons (Fsp3) is 0.333. The molecule has 18 heavy (non-hydrogen) atoms. The molecule has 2 aromatic rings. The van der Waals surface area contributed by atoms with Crippen LogP contribution in [0.15, 0.2) is 30.2 Å². The van der Waals surface area contributed by atoms with Crippen molar-refractivity contribution in [1.82, 2.24) is 14.9 Å². The number of carbonyl (C=O) groups excluding carboxylic acids is 1. The first-order valence-electron chi connectivity index (χ1n) is 5.84. The van der Waals surface area contributed by atoms with E-state index in [1.54, 1.807) is 18.6 Å². The van der Waals surface area contributed by atoms with Crippen LogP contribution in [0.3, 0.4) is 0 Å². The van der Waals surface area contributed by atoms with E-state index in [9.17, 15) is 4.79 Å². The smallest absolute Gasteiger partial charge is 0.263 e. The van der Waals surface area contributed by atoms with Crippen LogP contribution in [-0.2, 0) is 6.54 Å². The van der Waals surface area contributed by atoms with E-state index in [-0.39, 0.29) is 5.91 Å². The Kier molecular flexibility index (Phi) is 4.35. The highest BCUT2D eigenvalue weighted by molar-refractivity contribution is 7.12. The van der Waals surface area contributed by atoms with Gasteiger partial charge in [0.2, 0.25) is 0 Å². The Balaban J connectivity index is 1.64. The molecule has 3 N–H and O–H groups in total. The van der Waals surface area contributed by atoms with Crippen LogP contribution in [0.1, 0.15) is 22.5 Å². The van der Waals surface area contributed by atoms with E-state index >= 15 is 0 Å². The molecule has 0 fully saturated rings. The molecule has 0 aliphatic heterocycles. The molecule has 0 radical (unpaired) electrons. The van der Waals surface area contributed by atoms with Crippen LogP contribution in [0.4, 0.5) is 5.69 Å². The predicted molar refractivity (Wildman–Crippen MR) is 72.5 cm³/mol. The van der Waals surface area contributed by atoms with E-state index in [0.29, 0.717) is 17.1 Å². The topological polar surface area (TPSA) is 72.9 Å². The lowest BCUT2D eigenvalue weighted by atomic mass is 10.3. The lowest BCUT2D eigenvalue weighted by Gasteiger charge is -2.05. The maximum Gasteiger partial charge on any atom is 0.263 e. The molecule has 0 aromatic carbocycles. The van der Waals surface area contributed by atoms with E-state index in [2.05, 4.69) is 10.3 Å². The van der Waals surface area contributed by atoms with Crippen LogP contribution in [0.25, 0.3) is 0 Å². The van der Waals surface area contributed by atoms with E-state index in [1.165, 1.54) is 11.3 Å². The largest absolute Gasteiger partial charge is 0.397 e. The fourth-order valence-electron chi connectivity index (χ4n) is 1.62. The summed E-state index contributed by atoms with van der Waals surface area (Å²) < 4.78 is 2.03. The van der Waals surface area contributed by atoms with Gasteiger partial charge >= 0.3 is 0 Å². The normalized spacial score (nSPS) is 10.4. The first-order chi connectivity index (χ1) is 8.77. The van der Waals surface area contributed by atoms with Crippen molar-refractivity contribution in [1.29, 1.82) is 0 Å². The lowest BCUT2D eigenvalue weighted by molar-refractivity contribution is 0.0957. The molecule has 1 amide bonds. The molecular weight excluding hydrogens is 248 g/mol. The van der Waals surface area contributed by atoms with Gasteiger partial charge in [-0.3, -0.25) is 4.79 Å². The number of imidazole rings is 1. The van der Waals surface area contributed by atoms with Gasteiger partial charge in [-0.1, -0.05) is 0 Å². The number of nitrogens with two attached hydrogens (primary N) is 1. The molecule has 2 rings (SSSR count). The third-order valence-electron chi connectivity index (χ3n) is 2.59. The Morgan fingerprint density at radius 1 is 1.50 bits per heavy atom.